The molecule has 8 nitrogen and oxygen atoms in total. The number of nitrogens with one attached hydrogen (secondary N) is 2. The number of rotatable bonds is 9. The van der Waals surface area contributed by atoms with Gasteiger partial charge in [0.05, 0.1) is 33.5 Å². The van der Waals surface area contributed by atoms with Gasteiger partial charge in [0.2, 0.25) is 0 Å². The number of ether oxygens (including phenoxy) is 2. The number of fused-ring (bicyclic) bond motifs is 1. The predicted octanol–water partition coefficient (Wildman–Crippen LogP) is 4.69. The van der Waals surface area contributed by atoms with Gasteiger partial charge in [0, 0.05) is 30.4 Å². The monoisotopic (exact) mass is 446 g/mol. The van der Waals surface area contributed by atoms with Gasteiger partial charge in [-0.1, -0.05) is 6.08 Å². The first kappa shape index (κ1) is 22.5. The van der Waals surface area contributed by atoms with Crippen LogP contribution in [0.15, 0.2) is 46.5 Å². The first-order valence-corrected chi connectivity index (χ1v) is 11.2. The van der Waals surface area contributed by atoms with Crippen LogP contribution in [0.2, 0.25) is 0 Å². The zero-order valence-corrected chi connectivity index (χ0v) is 19.4. The highest BCUT2D eigenvalue weighted by atomic mass is 16.5. The second kappa shape index (κ2) is 10.8. The zero-order chi connectivity index (χ0) is 23.0. The molecule has 0 saturated carbocycles. The second-order valence-corrected chi connectivity index (χ2v) is 7.79. The highest BCUT2D eigenvalue weighted by molar-refractivity contribution is 5.92. The van der Waals surface area contributed by atoms with Crippen LogP contribution in [0.5, 0.6) is 11.5 Å². The van der Waals surface area contributed by atoms with Gasteiger partial charge in [-0.25, -0.2) is 9.97 Å². The summed E-state index contributed by atoms with van der Waals surface area (Å²) in [6, 6.07) is 7.87. The maximum Gasteiger partial charge on any atom is 0.156 e. The van der Waals surface area contributed by atoms with E-state index < -0.39 is 0 Å². The summed E-state index contributed by atoms with van der Waals surface area (Å²) < 4.78 is 10.7. The minimum atomic E-state index is 0.585. The van der Waals surface area contributed by atoms with Crippen LogP contribution >= 0.6 is 0 Å². The van der Waals surface area contributed by atoms with Crippen molar-refractivity contribution in [3.05, 3.63) is 47.8 Å². The molecular weight excluding hydrogens is 416 g/mol. The Morgan fingerprint density at radius 2 is 1.91 bits per heavy atom. The topological polar surface area (TPSA) is 96.8 Å². The minimum Gasteiger partial charge on any atom is -0.497 e. The molecule has 1 aliphatic carbocycles. The van der Waals surface area contributed by atoms with Crippen LogP contribution in [0.1, 0.15) is 37.4 Å². The predicted molar refractivity (Wildman–Crippen MR) is 134 cm³/mol. The first-order valence-electron chi connectivity index (χ1n) is 11.2. The molecule has 0 aliphatic heterocycles. The van der Waals surface area contributed by atoms with Gasteiger partial charge >= 0.3 is 0 Å². The largest absolute Gasteiger partial charge is 0.497 e. The van der Waals surface area contributed by atoms with E-state index in [1.165, 1.54) is 11.3 Å². The summed E-state index contributed by atoms with van der Waals surface area (Å²) in [4.78, 5) is 21.6. The molecule has 0 amide bonds. The van der Waals surface area contributed by atoms with Crippen LogP contribution in [0.3, 0.4) is 0 Å². The summed E-state index contributed by atoms with van der Waals surface area (Å²) in [6.45, 7) is 4.05. The number of hydrogen-bond donors (Lipinski definition) is 2. The van der Waals surface area contributed by atoms with E-state index in [0.29, 0.717) is 6.54 Å². The van der Waals surface area contributed by atoms with E-state index in [4.69, 9.17) is 14.5 Å². The quantitative estimate of drug-likeness (QED) is 0.367. The molecule has 0 spiro atoms. The Bertz CT molecular complexity index is 1170. The summed E-state index contributed by atoms with van der Waals surface area (Å²) in [5.41, 5.74) is 6.28. The molecular formula is C25H30N6O2. The molecule has 172 valence electrons. The van der Waals surface area contributed by atoms with Crippen LogP contribution in [-0.2, 0) is 6.54 Å². The van der Waals surface area contributed by atoms with E-state index in [-0.39, 0.29) is 0 Å². The fourth-order valence-electron chi connectivity index (χ4n) is 3.83. The Labute approximate surface area is 193 Å². The van der Waals surface area contributed by atoms with Crippen molar-refractivity contribution in [1.29, 1.82) is 0 Å². The Morgan fingerprint density at radius 3 is 2.61 bits per heavy atom. The van der Waals surface area contributed by atoms with E-state index in [1.54, 1.807) is 20.4 Å². The second-order valence-electron chi connectivity index (χ2n) is 7.79. The molecule has 2 N–H and O–H groups in total. The number of aromatic amines is 1. The maximum atomic E-state index is 5.35. The SMILES string of the molecule is CC=NCCN=C1CC=C(c2cc3nc(NCc4cc(OC)cc(OC)c4)cnc3[nH]2)CC1. The molecule has 3 aromatic rings. The fraction of sp³-hybridized carbons (Fsp3) is 0.360. The molecule has 2 heterocycles. The molecule has 0 bridgehead atoms. The third kappa shape index (κ3) is 5.77. The van der Waals surface area contributed by atoms with Crippen molar-refractivity contribution < 1.29 is 9.47 Å². The van der Waals surface area contributed by atoms with Gasteiger partial charge in [0.1, 0.15) is 22.8 Å². The number of anilines is 1. The average molecular weight is 447 g/mol. The van der Waals surface area contributed by atoms with Crippen molar-refractivity contribution in [3.8, 4) is 11.5 Å². The van der Waals surface area contributed by atoms with Crippen LogP contribution in [-0.4, -0.2) is 54.2 Å². The molecule has 33 heavy (non-hydrogen) atoms. The molecule has 0 atom stereocenters. The lowest BCUT2D eigenvalue weighted by atomic mass is 9.95. The molecule has 4 rings (SSSR count). The number of H-pyrrole nitrogens is 1. The van der Waals surface area contributed by atoms with Crippen molar-refractivity contribution in [2.75, 3.05) is 32.6 Å². The molecule has 1 aromatic carbocycles. The van der Waals surface area contributed by atoms with E-state index in [2.05, 4.69) is 37.4 Å². The lowest BCUT2D eigenvalue weighted by Gasteiger charge is -2.13. The number of aliphatic imine (C=N–C) groups is 2. The number of methoxy groups -OCH3 is 2. The van der Waals surface area contributed by atoms with Gasteiger partial charge in [-0.15, -0.1) is 0 Å². The number of benzene rings is 1. The zero-order valence-electron chi connectivity index (χ0n) is 19.4. The molecule has 0 unspecified atom stereocenters. The normalized spacial score (nSPS) is 15.2. The average Bonchev–Trinajstić information content (AvgIpc) is 3.29. The van der Waals surface area contributed by atoms with Gasteiger partial charge in [0.15, 0.2) is 5.65 Å². The van der Waals surface area contributed by atoms with Crippen LogP contribution in [0.25, 0.3) is 16.7 Å². The van der Waals surface area contributed by atoms with E-state index in [0.717, 1.165) is 72.1 Å². The number of hydrogen-bond acceptors (Lipinski definition) is 7. The molecule has 0 saturated heterocycles. The first-order chi connectivity index (χ1) is 16.2. The Balaban J connectivity index is 1.42. The molecule has 0 fully saturated rings. The third-order valence-corrected chi connectivity index (χ3v) is 5.58. The van der Waals surface area contributed by atoms with Crippen molar-refractivity contribution in [3.63, 3.8) is 0 Å². The Hall–Kier alpha value is -3.68. The summed E-state index contributed by atoms with van der Waals surface area (Å²) in [6.07, 6.45) is 8.66. The van der Waals surface area contributed by atoms with E-state index in [1.807, 2.05) is 31.3 Å². The molecule has 2 aromatic heterocycles. The van der Waals surface area contributed by atoms with Crippen LogP contribution in [0.4, 0.5) is 5.82 Å². The number of aromatic nitrogens is 3. The van der Waals surface area contributed by atoms with Gasteiger partial charge in [0.25, 0.3) is 0 Å². The Morgan fingerprint density at radius 1 is 1.09 bits per heavy atom. The Kier molecular flexibility index (Phi) is 7.34. The fourth-order valence-corrected chi connectivity index (χ4v) is 3.83. The molecule has 0 radical (unpaired) electrons. The lowest BCUT2D eigenvalue weighted by molar-refractivity contribution is 0.393. The summed E-state index contributed by atoms with van der Waals surface area (Å²) in [5.74, 6) is 2.23. The van der Waals surface area contributed by atoms with Crippen molar-refractivity contribution >= 4 is 34.5 Å². The van der Waals surface area contributed by atoms with Crippen molar-refractivity contribution in [2.45, 2.75) is 32.7 Å². The van der Waals surface area contributed by atoms with Crippen molar-refractivity contribution in [2.24, 2.45) is 9.98 Å². The maximum absolute atomic E-state index is 5.35. The smallest absolute Gasteiger partial charge is 0.156 e. The summed E-state index contributed by atoms with van der Waals surface area (Å²) >= 11 is 0. The number of nitrogens with zero attached hydrogens (tertiary/aromatic N) is 4. The van der Waals surface area contributed by atoms with Crippen LogP contribution < -0.4 is 14.8 Å². The molecule has 8 heteroatoms. The molecule has 1 aliphatic rings. The third-order valence-electron chi connectivity index (χ3n) is 5.58. The van der Waals surface area contributed by atoms with Gasteiger partial charge in [-0.3, -0.25) is 9.98 Å². The van der Waals surface area contributed by atoms with Gasteiger partial charge in [-0.2, -0.15) is 0 Å². The van der Waals surface area contributed by atoms with Crippen molar-refractivity contribution in [1.82, 2.24) is 15.0 Å². The van der Waals surface area contributed by atoms with E-state index >= 15 is 0 Å². The summed E-state index contributed by atoms with van der Waals surface area (Å²) in [5, 5.41) is 3.34. The van der Waals surface area contributed by atoms with E-state index in [9.17, 15) is 0 Å². The number of allylic oxidation sites excluding steroid dienone is 2. The lowest BCUT2D eigenvalue weighted by Crippen LogP contribution is -2.06. The van der Waals surface area contributed by atoms with Gasteiger partial charge < -0.3 is 19.8 Å². The standard InChI is InChI=1S/C25H30N6O2/c1-4-26-9-10-27-19-7-5-18(6-8-19)22-14-23-25(31-22)29-16-24(30-23)28-15-17-11-20(32-2)13-21(12-17)33-3/h4-5,11-14,16H,6-10,15H2,1-3H3,(H,28,30)(H,29,31). The van der Waals surface area contributed by atoms with Crippen LogP contribution in [0, 0.1) is 0 Å². The minimum absolute atomic E-state index is 0.585. The van der Waals surface area contributed by atoms with Gasteiger partial charge in [-0.05, 0) is 55.3 Å². The highest BCUT2D eigenvalue weighted by Gasteiger charge is 2.14. The highest BCUT2D eigenvalue weighted by Crippen LogP contribution is 2.28. The summed E-state index contributed by atoms with van der Waals surface area (Å²) in [7, 11) is 3.29.